The number of pyridine rings is 2. The summed E-state index contributed by atoms with van der Waals surface area (Å²) >= 11 is 3.40. The Morgan fingerprint density at radius 2 is 2.17 bits per heavy atom. The fraction of sp³-hybridized carbons (Fsp3) is 0.308. The van der Waals surface area contributed by atoms with Gasteiger partial charge in [0.25, 0.3) is 5.91 Å². The van der Waals surface area contributed by atoms with Crippen LogP contribution in [0.2, 0.25) is 0 Å². The van der Waals surface area contributed by atoms with Crippen LogP contribution in [0.5, 0.6) is 0 Å². The Morgan fingerprint density at radius 3 is 2.89 bits per heavy atom. The monoisotopic (exact) mass is 305 g/mol. The highest BCUT2D eigenvalue weighted by Gasteiger charge is 2.20. The molecular formula is C13H12BrN3O. The van der Waals surface area contributed by atoms with Gasteiger partial charge >= 0.3 is 0 Å². The molecule has 1 aliphatic carbocycles. The molecule has 0 bridgehead atoms. The number of hydrogen-bond donors (Lipinski definition) is 1. The number of halogens is 1. The van der Waals surface area contributed by atoms with Crippen molar-refractivity contribution in [3.8, 4) is 0 Å². The molecule has 0 aromatic carbocycles. The molecule has 0 spiro atoms. The van der Waals surface area contributed by atoms with Crippen LogP contribution in [0.4, 0.5) is 0 Å². The molecule has 0 atom stereocenters. The Labute approximate surface area is 113 Å². The van der Waals surface area contributed by atoms with E-state index in [4.69, 9.17) is 0 Å². The van der Waals surface area contributed by atoms with Crippen LogP contribution >= 0.6 is 15.9 Å². The minimum Gasteiger partial charge on any atom is -0.348 e. The van der Waals surface area contributed by atoms with Crippen molar-refractivity contribution in [1.29, 1.82) is 0 Å². The number of carbonyl (C=O) groups is 1. The summed E-state index contributed by atoms with van der Waals surface area (Å²) in [5, 5.41) is 3.91. The molecule has 2 aromatic heterocycles. The maximum absolute atomic E-state index is 12.0. The Kier molecular flexibility index (Phi) is 2.99. The van der Waals surface area contributed by atoms with E-state index in [1.165, 1.54) is 6.42 Å². The van der Waals surface area contributed by atoms with E-state index < -0.39 is 0 Å². The molecule has 3 rings (SSSR count). The van der Waals surface area contributed by atoms with Gasteiger partial charge in [0.1, 0.15) is 5.69 Å². The SMILES string of the molecule is O=C(NC1CCC1)c1ccc2cncc(Br)c2n1. The lowest BCUT2D eigenvalue weighted by atomic mass is 9.93. The number of rotatable bonds is 2. The molecule has 1 saturated carbocycles. The lowest BCUT2D eigenvalue weighted by Crippen LogP contribution is -2.39. The van der Waals surface area contributed by atoms with Crippen LogP contribution in [0.3, 0.4) is 0 Å². The van der Waals surface area contributed by atoms with Crippen molar-refractivity contribution in [3.63, 3.8) is 0 Å². The molecule has 18 heavy (non-hydrogen) atoms. The van der Waals surface area contributed by atoms with Crippen LogP contribution in [-0.2, 0) is 0 Å². The van der Waals surface area contributed by atoms with E-state index >= 15 is 0 Å². The van der Waals surface area contributed by atoms with Crippen LogP contribution in [0, 0.1) is 0 Å². The average molecular weight is 306 g/mol. The number of carbonyl (C=O) groups excluding carboxylic acids is 1. The Balaban J connectivity index is 1.92. The first-order valence-electron chi connectivity index (χ1n) is 5.95. The zero-order valence-corrected chi connectivity index (χ0v) is 11.3. The molecular weight excluding hydrogens is 294 g/mol. The molecule has 0 saturated heterocycles. The Morgan fingerprint density at radius 1 is 1.33 bits per heavy atom. The first kappa shape index (κ1) is 11.6. The predicted molar refractivity (Wildman–Crippen MR) is 72.3 cm³/mol. The highest BCUT2D eigenvalue weighted by Crippen LogP contribution is 2.21. The number of amides is 1. The number of hydrogen-bond acceptors (Lipinski definition) is 3. The minimum absolute atomic E-state index is 0.0923. The molecule has 4 nitrogen and oxygen atoms in total. The van der Waals surface area contributed by atoms with Gasteiger partial charge in [0.2, 0.25) is 0 Å². The fourth-order valence-corrected chi connectivity index (χ4v) is 2.38. The van der Waals surface area contributed by atoms with Crippen molar-refractivity contribution in [1.82, 2.24) is 15.3 Å². The van der Waals surface area contributed by atoms with Gasteiger partial charge in [-0.15, -0.1) is 0 Å². The maximum atomic E-state index is 12.0. The maximum Gasteiger partial charge on any atom is 0.270 e. The first-order chi connectivity index (χ1) is 8.74. The summed E-state index contributed by atoms with van der Waals surface area (Å²) in [5.74, 6) is -0.0923. The van der Waals surface area contributed by atoms with Crippen molar-refractivity contribution in [2.24, 2.45) is 0 Å². The van der Waals surface area contributed by atoms with E-state index in [1.807, 2.05) is 6.07 Å². The highest BCUT2D eigenvalue weighted by atomic mass is 79.9. The second-order valence-corrected chi connectivity index (χ2v) is 5.35. The third kappa shape index (κ3) is 2.10. The van der Waals surface area contributed by atoms with E-state index in [0.717, 1.165) is 28.2 Å². The largest absolute Gasteiger partial charge is 0.348 e. The number of nitrogens with one attached hydrogen (secondary N) is 1. The standard InChI is InChI=1S/C13H12BrN3O/c14-10-7-15-6-8-4-5-11(17-12(8)10)13(18)16-9-2-1-3-9/h4-7,9H,1-3H2,(H,16,18). The van der Waals surface area contributed by atoms with E-state index in [1.54, 1.807) is 18.5 Å². The molecule has 1 amide bonds. The van der Waals surface area contributed by atoms with Crippen molar-refractivity contribution in [2.75, 3.05) is 0 Å². The number of fused-ring (bicyclic) bond motifs is 1. The summed E-state index contributed by atoms with van der Waals surface area (Å²) in [5.41, 5.74) is 1.23. The fourth-order valence-electron chi connectivity index (χ4n) is 1.95. The van der Waals surface area contributed by atoms with Crippen molar-refractivity contribution < 1.29 is 4.79 Å². The second-order valence-electron chi connectivity index (χ2n) is 4.49. The highest BCUT2D eigenvalue weighted by molar-refractivity contribution is 9.10. The Hall–Kier alpha value is -1.49. The van der Waals surface area contributed by atoms with Gasteiger partial charge in [-0.1, -0.05) is 0 Å². The van der Waals surface area contributed by atoms with E-state index in [-0.39, 0.29) is 5.91 Å². The lowest BCUT2D eigenvalue weighted by molar-refractivity contribution is 0.0912. The van der Waals surface area contributed by atoms with Crippen molar-refractivity contribution >= 4 is 32.7 Å². The van der Waals surface area contributed by atoms with Gasteiger partial charge < -0.3 is 5.32 Å². The third-order valence-corrected chi connectivity index (χ3v) is 3.81. The quantitative estimate of drug-likeness (QED) is 0.928. The normalized spacial score (nSPS) is 15.4. The predicted octanol–water partition coefficient (Wildman–Crippen LogP) is 2.67. The van der Waals surface area contributed by atoms with Crippen LogP contribution in [-0.4, -0.2) is 21.9 Å². The summed E-state index contributed by atoms with van der Waals surface area (Å²) in [6.07, 6.45) is 6.77. The number of aromatic nitrogens is 2. The smallest absolute Gasteiger partial charge is 0.270 e. The van der Waals surface area contributed by atoms with Gasteiger partial charge in [-0.05, 0) is 47.3 Å². The van der Waals surface area contributed by atoms with Gasteiger partial charge in [-0.2, -0.15) is 0 Å². The van der Waals surface area contributed by atoms with Crippen LogP contribution in [0.25, 0.3) is 10.9 Å². The van der Waals surface area contributed by atoms with Gasteiger partial charge in [0, 0.05) is 23.8 Å². The second kappa shape index (κ2) is 4.65. The molecule has 92 valence electrons. The third-order valence-electron chi connectivity index (χ3n) is 3.23. The topological polar surface area (TPSA) is 54.9 Å². The average Bonchev–Trinajstić information content (AvgIpc) is 2.34. The Bertz CT molecular complexity index is 610. The molecule has 1 N–H and O–H groups in total. The molecule has 0 radical (unpaired) electrons. The molecule has 1 fully saturated rings. The molecule has 1 aliphatic rings. The zero-order chi connectivity index (χ0) is 12.5. The van der Waals surface area contributed by atoms with Gasteiger partial charge in [-0.25, -0.2) is 4.98 Å². The summed E-state index contributed by atoms with van der Waals surface area (Å²) in [6.45, 7) is 0. The van der Waals surface area contributed by atoms with E-state index in [9.17, 15) is 4.79 Å². The summed E-state index contributed by atoms with van der Waals surface area (Å²) in [6, 6.07) is 3.94. The van der Waals surface area contributed by atoms with Gasteiger partial charge in [-0.3, -0.25) is 9.78 Å². The molecule has 2 heterocycles. The lowest BCUT2D eigenvalue weighted by Gasteiger charge is -2.26. The molecule has 2 aromatic rings. The first-order valence-corrected chi connectivity index (χ1v) is 6.74. The molecule has 5 heteroatoms. The van der Waals surface area contributed by atoms with Gasteiger partial charge in [0.05, 0.1) is 9.99 Å². The molecule has 0 aliphatic heterocycles. The zero-order valence-electron chi connectivity index (χ0n) is 9.69. The summed E-state index contributed by atoms with van der Waals surface area (Å²) < 4.78 is 0.804. The van der Waals surface area contributed by atoms with E-state index in [2.05, 4.69) is 31.2 Å². The van der Waals surface area contributed by atoms with Crippen LogP contribution in [0.15, 0.2) is 29.0 Å². The van der Waals surface area contributed by atoms with Crippen molar-refractivity contribution in [2.45, 2.75) is 25.3 Å². The van der Waals surface area contributed by atoms with Crippen LogP contribution < -0.4 is 5.32 Å². The number of nitrogens with zero attached hydrogens (tertiary/aromatic N) is 2. The minimum atomic E-state index is -0.0923. The molecule has 0 unspecified atom stereocenters. The summed E-state index contributed by atoms with van der Waals surface area (Å²) in [7, 11) is 0. The summed E-state index contributed by atoms with van der Waals surface area (Å²) in [4.78, 5) is 20.5. The van der Waals surface area contributed by atoms with E-state index in [0.29, 0.717) is 11.7 Å². The van der Waals surface area contributed by atoms with Gasteiger partial charge in [0.15, 0.2) is 0 Å². The van der Waals surface area contributed by atoms with Crippen LogP contribution in [0.1, 0.15) is 29.8 Å². The van der Waals surface area contributed by atoms with Crippen molar-refractivity contribution in [3.05, 3.63) is 34.7 Å².